The van der Waals surface area contributed by atoms with Crippen LogP contribution in [0.4, 0.5) is 11.4 Å². The molecule has 0 saturated carbocycles. The van der Waals surface area contributed by atoms with Gasteiger partial charge in [-0.25, -0.2) is 0 Å². The van der Waals surface area contributed by atoms with Crippen molar-refractivity contribution in [2.75, 3.05) is 5.32 Å². The lowest BCUT2D eigenvalue weighted by molar-refractivity contribution is -0.385. The lowest BCUT2D eigenvalue weighted by atomic mass is 9.54. The summed E-state index contributed by atoms with van der Waals surface area (Å²) < 4.78 is 0. The number of amides is 3. The Labute approximate surface area is 262 Å². The van der Waals surface area contributed by atoms with Gasteiger partial charge < -0.3 is 5.32 Å². The lowest BCUT2D eigenvalue weighted by Gasteiger charge is -2.54. The minimum Gasteiger partial charge on any atom is -0.324 e. The highest BCUT2D eigenvalue weighted by atomic mass is 35.5. The molecule has 0 radical (unpaired) electrons. The Morgan fingerprint density at radius 2 is 1.32 bits per heavy atom. The summed E-state index contributed by atoms with van der Waals surface area (Å²) in [5.41, 5.74) is 3.80. The summed E-state index contributed by atoms with van der Waals surface area (Å²) in [5.74, 6) is -3.97. The number of likely N-dealkylation sites (tertiary alicyclic amines) is 1. The molecule has 10 heteroatoms. The van der Waals surface area contributed by atoms with Gasteiger partial charge in [0.2, 0.25) is 17.7 Å². The SMILES string of the molecule is Cc1ccc(NC(=O)[C@H](Cc2ccccc2)N2C(=O)[C@@H]3[C@H](C2=O)C2(Cl)c4ccccc4C3(Cl)c3ccccc32)cc1[N+](=O)[O-]. The second-order valence-electron chi connectivity index (χ2n) is 11.5. The lowest BCUT2D eigenvalue weighted by Crippen LogP contribution is -2.57. The summed E-state index contributed by atoms with van der Waals surface area (Å²) in [4.78, 5) is 52.5. The van der Waals surface area contributed by atoms with E-state index >= 15 is 0 Å². The molecule has 0 spiro atoms. The van der Waals surface area contributed by atoms with Gasteiger partial charge in [0, 0.05) is 23.7 Å². The molecule has 4 aliphatic rings. The molecule has 2 bridgehead atoms. The quantitative estimate of drug-likeness (QED) is 0.121. The Hall–Kier alpha value is -4.53. The first-order valence-electron chi connectivity index (χ1n) is 14.1. The van der Waals surface area contributed by atoms with Crippen LogP contribution >= 0.6 is 23.2 Å². The highest BCUT2D eigenvalue weighted by Crippen LogP contribution is 2.69. The van der Waals surface area contributed by atoms with E-state index in [1.807, 2.05) is 54.6 Å². The monoisotopic (exact) mass is 625 g/mol. The number of rotatable bonds is 6. The Bertz CT molecular complexity index is 1770. The third-order valence-electron chi connectivity index (χ3n) is 9.18. The number of hydrogen-bond acceptors (Lipinski definition) is 5. The molecule has 8 nitrogen and oxygen atoms in total. The van der Waals surface area contributed by atoms with Gasteiger partial charge in [-0.05, 0) is 40.8 Å². The van der Waals surface area contributed by atoms with E-state index in [0.29, 0.717) is 33.4 Å². The molecule has 3 atom stereocenters. The van der Waals surface area contributed by atoms with E-state index in [1.165, 1.54) is 12.1 Å². The first kappa shape index (κ1) is 28.3. The predicted molar refractivity (Wildman–Crippen MR) is 165 cm³/mol. The van der Waals surface area contributed by atoms with E-state index in [2.05, 4.69) is 5.32 Å². The fourth-order valence-electron chi connectivity index (χ4n) is 7.24. The molecule has 4 aromatic carbocycles. The molecule has 1 heterocycles. The maximum Gasteiger partial charge on any atom is 0.274 e. The maximum absolute atomic E-state index is 14.6. The number of benzene rings is 4. The number of carbonyl (C=O) groups is 3. The zero-order chi connectivity index (χ0) is 31.0. The van der Waals surface area contributed by atoms with Gasteiger partial charge in [-0.2, -0.15) is 0 Å². The Balaban J connectivity index is 1.35. The Morgan fingerprint density at radius 1 is 0.841 bits per heavy atom. The fourth-order valence-corrected chi connectivity index (χ4v) is 8.34. The topological polar surface area (TPSA) is 110 Å². The van der Waals surface area contributed by atoms with Crippen LogP contribution in [0.3, 0.4) is 0 Å². The molecule has 8 rings (SSSR count). The molecule has 3 amide bonds. The molecule has 44 heavy (non-hydrogen) atoms. The van der Waals surface area contributed by atoms with Gasteiger partial charge in [-0.3, -0.25) is 29.4 Å². The first-order valence-corrected chi connectivity index (χ1v) is 14.9. The molecule has 0 aromatic heterocycles. The van der Waals surface area contributed by atoms with Gasteiger partial charge in [0.25, 0.3) is 5.69 Å². The summed E-state index contributed by atoms with van der Waals surface area (Å²) in [6.45, 7) is 1.60. The number of nitro groups is 1. The first-order chi connectivity index (χ1) is 21.1. The van der Waals surface area contributed by atoms with Crippen LogP contribution < -0.4 is 5.32 Å². The molecule has 0 unspecified atom stereocenters. The van der Waals surface area contributed by atoms with Gasteiger partial charge >= 0.3 is 0 Å². The van der Waals surface area contributed by atoms with Gasteiger partial charge in [0.1, 0.15) is 15.8 Å². The van der Waals surface area contributed by atoms with E-state index in [9.17, 15) is 24.5 Å². The Morgan fingerprint density at radius 3 is 1.80 bits per heavy atom. The van der Waals surface area contributed by atoms with Crippen molar-refractivity contribution in [1.82, 2.24) is 4.90 Å². The molecular weight excluding hydrogens is 601 g/mol. The number of halogens is 2. The molecule has 220 valence electrons. The zero-order valence-corrected chi connectivity index (χ0v) is 24.9. The van der Waals surface area contributed by atoms with Crippen LogP contribution in [0.2, 0.25) is 0 Å². The fraction of sp³-hybridized carbons (Fsp3) is 0.206. The number of alkyl halides is 2. The molecule has 1 N–H and O–H groups in total. The number of hydrogen-bond donors (Lipinski definition) is 1. The van der Waals surface area contributed by atoms with Crippen molar-refractivity contribution in [2.24, 2.45) is 11.8 Å². The van der Waals surface area contributed by atoms with Gasteiger partial charge in [0.15, 0.2) is 0 Å². The maximum atomic E-state index is 14.6. The Kier molecular flexibility index (Phi) is 6.43. The summed E-state index contributed by atoms with van der Waals surface area (Å²) in [5, 5.41) is 14.3. The number of nitro benzene ring substituents is 1. The van der Waals surface area contributed by atoms with Crippen LogP contribution in [0.5, 0.6) is 0 Å². The average molecular weight is 626 g/mol. The number of anilines is 1. The van der Waals surface area contributed by atoms with Crippen LogP contribution in [0, 0.1) is 28.9 Å². The van der Waals surface area contributed by atoms with Gasteiger partial charge in [0.05, 0.1) is 16.8 Å². The molecule has 3 aliphatic carbocycles. The summed E-state index contributed by atoms with van der Waals surface area (Å²) in [6.07, 6.45) is 0.0159. The van der Waals surface area contributed by atoms with E-state index < -0.39 is 50.3 Å². The van der Waals surface area contributed by atoms with E-state index in [0.717, 1.165) is 4.90 Å². The normalized spacial score (nSPS) is 25.2. The van der Waals surface area contributed by atoms with E-state index in [1.54, 1.807) is 37.3 Å². The van der Waals surface area contributed by atoms with Crippen molar-refractivity contribution in [3.8, 4) is 0 Å². The summed E-state index contributed by atoms with van der Waals surface area (Å²) in [7, 11) is 0. The van der Waals surface area contributed by atoms with Gasteiger partial charge in [-0.1, -0.05) is 84.9 Å². The molecular formula is C34H25Cl2N3O5. The van der Waals surface area contributed by atoms with Crippen molar-refractivity contribution in [2.45, 2.75) is 29.1 Å². The average Bonchev–Trinajstić information content (AvgIpc) is 3.30. The van der Waals surface area contributed by atoms with Crippen LogP contribution in [0.25, 0.3) is 0 Å². The van der Waals surface area contributed by atoms with E-state index in [-0.39, 0.29) is 17.8 Å². The van der Waals surface area contributed by atoms with Crippen molar-refractivity contribution in [3.05, 3.63) is 141 Å². The highest BCUT2D eigenvalue weighted by Gasteiger charge is 2.73. The number of nitrogens with one attached hydrogen (secondary N) is 1. The third kappa shape index (κ3) is 3.80. The summed E-state index contributed by atoms with van der Waals surface area (Å²) >= 11 is 15.1. The standard InChI is InChI=1S/C34H25Cl2N3O5/c1-19-15-16-21(18-26(19)39(43)44)37-30(40)27(17-20-9-3-2-4-10-20)38-31(41)28-29(32(38)42)34(36)23-12-6-5-11-22(23)33(28,35)24-13-7-8-14-25(24)34/h2-16,18,27-29H,17H2,1H3,(H,37,40)/t27-,28-,29+,33?,34?/m0/s1. The molecule has 1 saturated heterocycles. The number of carbonyl (C=O) groups excluding carboxylic acids is 3. The summed E-state index contributed by atoms with van der Waals surface area (Å²) in [6, 6.07) is 26.7. The van der Waals surface area contributed by atoms with Crippen LogP contribution in [-0.4, -0.2) is 33.6 Å². The van der Waals surface area contributed by atoms with Crippen LogP contribution in [-0.2, 0) is 30.6 Å². The van der Waals surface area contributed by atoms with Crippen LogP contribution in [0.15, 0.2) is 97.1 Å². The molecule has 4 aromatic rings. The van der Waals surface area contributed by atoms with Crippen LogP contribution in [0.1, 0.15) is 33.4 Å². The van der Waals surface area contributed by atoms with Gasteiger partial charge in [-0.15, -0.1) is 23.2 Å². The van der Waals surface area contributed by atoms with Crippen molar-refractivity contribution in [1.29, 1.82) is 0 Å². The van der Waals surface area contributed by atoms with E-state index in [4.69, 9.17) is 23.2 Å². The highest BCUT2D eigenvalue weighted by molar-refractivity contribution is 6.36. The third-order valence-corrected chi connectivity index (χ3v) is 10.5. The largest absolute Gasteiger partial charge is 0.324 e. The van der Waals surface area contributed by atoms with Crippen molar-refractivity contribution < 1.29 is 19.3 Å². The number of nitrogens with zero attached hydrogens (tertiary/aromatic N) is 2. The van der Waals surface area contributed by atoms with Crippen molar-refractivity contribution >= 4 is 52.3 Å². The second-order valence-corrected chi connectivity index (χ2v) is 12.7. The molecule has 1 aliphatic heterocycles. The second kappa shape index (κ2) is 10.0. The number of aryl methyl sites for hydroxylation is 1. The number of imide groups is 1. The minimum absolute atomic E-state index is 0.0159. The minimum atomic E-state index is -1.39. The smallest absolute Gasteiger partial charge is 0.274 e. The zero-order valence-electron chi connectivity index (χ0n) is 23.4. The predicted octanol–water partition coefficient (Wildman–Crippen LogP) is 6.05. The van der Waals surface area contributed by atoms with Crippen molar-refractivity contribution in [3.63, 3.8) is 0 Å². The molecule has 1 fully saturated rings.